The van der Waals surface area contributed by atoms with E-state index in [0.717, 1.165) is 68.2 Å². The summed E-state index contributed by atoms with van der Waals surface area (Å²) in [5, 5.41) is 0. The molecule has 6 nitrogen and oxygen atoms in total. The molecule has 0 N–H and O–H groups in total. The Morgan fingerprint density at radius 3 is 2.04 bits per heavy atom. The molecule has 0 spiro atoms. The van der Waals surface area contributed by atoms with Crippen LogP contribution >= 0.6 is 0 Å². The van der Waals surface area contributed by atoms with E-state index in [-0.39, 0.29) is 5.91 Å². The quantitative estimate of drug-likeness (QED) is 0.820. The third kappa shape index (κ3) is 4.11. The van der Waals surface area contributed by atoms with Crippen molar-refractivity contribution in [1.82, 2.24) is 14.9 Å². The van der Waals surface area contributed by atoms with Crippen molar-refractivity contribution in [3.05, 3.63) is 36.4 Å². The van der Waals surface area contributed by atoms with Gasteiger partial charge in [0.05, 0.1) is 0 Å². The smallest absolute Gasteiger partial charge is 0.219 e. The van der Waals surface area contributed by atoms with Gasteiger partial charge in [0, 0.05) is 57.8 Å². The van der Waals surface area contributed by atoms with Crippen LogP contribution in [0.1, 0.15) is 26.7 Å². The van der Waals surface area contributed by atoms with Crippen molar-refractivity contribution in [1.29, 1.82) is 0 Å². The van der Waals surface area contributed by atoms with Gasteiger partial charge in [0.1, 0.15) is 11.6 Å². The van der Waals surface area contributed by atoms with Gasteiger partial charge < -0.3 is 14.7 Å². The second kappa shape index (κ2) is 8.17. The van der Waals surface area contributed by atoms with Gasteiger partial charge in [0.2, 0.25) is 5.91 Å². The Morgan fingerprint density at radius 2 is 1.46 bits per heavy atom. The lowest BCUT2D eigenvalue weighted by atomic mass is 9.99. The molecule has 6 heteroatoms. The van der Waals surface area contributed by atoms with E-state index in [1.807, 2.05) is 23.1 Å². The molecule has 0 aliphatic carbocycles. The molecule has 0 radical (unpaired) electrons. The predicted molar refractivity (Wildman–Crippen MR) is 113 cm³/mol. The highest BCUT2D eigenvalue weighted by Gasteiger charge is 2.23. The summed E-state index contributed by atoms with van der Waals surface area (Å²) >= 11 is 0. The summed E-state index contributed by atoms with van der Waals surface area (Å²) in [6.07, 6.45) is 2.41. The summed E-state index contributed by atoms with van der Waals surface area (Å²) in [4.78, 5) is 28.0. The van der Waals surface area contributed by atoms with Gasteiger partial charge in [0.15, 0.2) is 5.82 Å². The highest BCUT2D eigenvalue weighted by molar-refractivity contribution is 5.73. The van der Waals surface area contributed by atoms with Crippen LogP contribution in [0.25, 0.3) is 11.4 Å². The molecule has 1 aromatic carbocycles. The number of piperazine rings is 1. The van der Waals surface area contributed by atoms with Crippen molar-refractivity contribution >= 4 is 17.5 Å². The largest absolute Gasteiger partial charge is 0.356 e. The second-order valence-electron chi connectivity index (χ2n) is 7.94. The van der Waals surface area contributed by atoms with Gasteiger partial charge in [-0.15, -0.1) is 0 Å². The van der Waals surface area contributed by atoms with E-state index in [1.165, 1.54) is 12.8 Å². The van der Waals surface area contributed by atoms with Crippen LogP contribution in [0.2, 0.25) is 0 Å². The average Bonchev–Trinajstić information content (AvgIpc) is 2.74. The first-order valence-electron chi connectivity index (χ1n) is 10.3. The maximum atomic E-state index is 11.6. The van der Waals surface area contributed by atoms with Crippen LogP contribution < -0.4 is 9.80 Å². The Balaban J connectivity index is 1.64. The zero-order valence-corrected chi connectivity index (χ0v) is 16.8. The Labute approximate surface area is 167 Å². The predicted octanol–water partition coefficient (Wildman–Crippen LogP) is 3.05. The van der Waals surface area contributed by atoms with Gasteiger partial charge in [0.25, 0.3) is 0 Å². The molecule has 2 fully saturated rings. The number of carbonyl (C=O) groups excluding carboxylic acids is 1. The van der Waals surface area contributed by atoms with Crippen LogP contribution in [0.5, 0.6) is 0 Å². The summed E-state index contributed by atoms with van der Waals surface area (Å²) in [6.45, 7) is 9.17. The summed E-state index contributed by atoms with van der Waals surface area (Å²) in [5.41, 5.74) is 1.04. The van der Waals surface area contributed by atoms with Crippen LogP contribution in [0, 0.1) is 5.92 Å². The zero-order chi connectivity index (χ0) is 19.5. The van der Waals surface area contributed by atoms with E-state index in [2.05, 4.69) is 34.9 Å². The third-order valence-electron chi connectivity index (χ3n) is 5.89. The summed E-state index contributed by atoms with van der Waals surface area (Å²) in [5.74, 6) is 3.69. The van der Waals surface area contributed by atoms with Crippen molar-refractivity contribution in [3.63, 3.8) is 0 Å². The van der Waals surface area contributed by atoms with E-state index in [0.29, 0.717) is 0 Å². The van der Waals surface area contributed by atoms with Gasteiger partial charge in [-0.05, 0) is 18.8 Å². The van der Waals surface area contributed by atoms with Gasteiger partial charge >= 0.3 is 0 Å². The average molecular weight is 380 g/mol. The van der Waals surface area contributed by atoms with Crippen LogP contribution in [0.4, 0.5) is 11.6 Å². The molecule has 1 amide bonds. The monoisotopic (exact) mass is 379 g/mol. The number of aromatic nitrogens is 2. The molecule has 4 rings (SSSR count). The molecule has 0 unspecified atom stereocenters. The summed E-state index contributed by atoms with van der Waals surface area (Å²) < 4.78 is 0. The van der Waals surface area contributed by atoms with Gasteiger partial charge in [-0.3, -0.25) is 4.79 Å². The maximum absolute atomic E-state index is 11.6. The number of hydrogen-bond donors (Lipinski definition) is 0. The molecule has 28 heavy (non-hydrogen) atoms. The van der Waals surface area contributed by atoms with E-state index >= 15 is 0 Å². The number of amides is 1. The van der Waals surface area contributed by atoms with Crippen LogP contribution in [-0.4, -0.2) is 60.0 Å². The molecule has 0 atom stereocenters. The Kier molecular flexibility index (Phi) is 5.46. The Bertz CT molecular complexity index is 809. The second-order valence-corrected chi connectivity index (χ2v) is 7.94. The number of rotatable bonds is 3. The van der Waals surface area contributed by atoms with Gasteiger partial charge in [-0.2, -0.15) is 0 Å². The fourth-order valence-corrected chi connectivity index (χ4v) is 3.95. The number of nitrogens with zero attached hydrogens (tertiary/aromatic N) is 5. The van der Waals surface area contributed by atoms with Crippen LogP contribution in [0.3, 0.4) is 0 Å². The van der Waals surface area contributed by atoms with Gasteiger partial charge in [-0.1, -0.05) is 37.3 Å². The topological polar surface area (TPSA) is 52.6 Å². The maximum Gasteiger partial charge on any atom is 0.219 e. The van der Waals surface area contributed by atoms with E-state index in [1.54, 1.807) is 6.92 Å². The highest BCUT2D eigenvalue weighted by atomic mass is 16.2. The van der Waals surface area contributed by atoms with Crippen molar-refractivity contribution in [3.8, 4) is 11.4 Å². The van der Waals surface area contributed by atoms with E-state index < -0.39 is 0 Å². The van der Waals surface area contributed by atoms with Crippen molar-refractivity contribution in [2.45, 2.75) is 26.7 Å². The minimum Gasteiger partial charge on any atom is -0.356 e. The molecule has 2 aliphatic heterocycles. The first kappa shape index (κ1) is 18.7. The summed E-state index contributed by atoms with van der Waals surface area (Å²) in [6, 6.07) is 12.3. The lowest BCUT2D eigenvalue weighted by molar-refractivity contribution is -0.129. The van der Waals surface area contributed by atoms with Crippen molar-refractivity contribution in [2.24, 2.45) is 5.92 Å². The molecule has 1 aromatic heterocycles. The highest BCUT2D eigenvalue weighted by Crippen LogP contribution is 2.28. The number of hydrogen-bond acceptors (Lipinski definition) is 5. The lowest BCUT2D eigenvalue weighted by Gasteiger charge is -2.36. The molecule has 0 bridgehead atoms. The molecular formula is C22H29N5O. The zero-order valence-electron chi connectivity index (χ0n) is 16.8. The van der Waals surface area contributed by atoms with Crippen molar-refractivity contribution < 1.29 is 4.79 Å². The minimum absolute atomic E-state index is 0.149. The SMILES string of the molecule is CC(=O)N1CCN(c2cc(N3CCC(C)CC3)nc(-c3ccccc3)n2)CC1. The first-order valence-corrected chi connectivity index (χ1v) is 10.3. The van der Waals surface area contributed by atoms with Gasteiger partial charge in [-0.25, -0.2) is 9.97 Å². The van der Waals surface area contributed by atoms with Crippen LogP contribution in [-0.2, 0) is 4.79 Å². The lowest BCUT2D eigenvalue weighted by Crippen LogP contribution is -2.48. The first-order chi connectivity index (χ1) is 13.6. The third-order valence-corrected chi connectivity index (χ3v) is 5.89. The molecule has 3 heterocycles. The fourth-order valence-electron chi connectivity index (χ4n) is 3.95. The molecule has 2 saturated heterocycles. The number of benzene rings is 1. The molecule has 2 aliphatic rings. The number of carbonyl (C=O) groups is 1. The molecule has 2 aromatic rings. The normalized spacial score (nSPS) is 18.4. The summed E-state index contributed by atoms with van der Waals surface area (Å²) in [7, 11) is 0. The molecular weight excluding hydrogens is 350 g/mol. The number of anilines is 2. The van der Waals surface area contributed by atoms with E-state index in [4.69, 9.17) is 9.97 Å². The van der Waals surface area contributed by atoms with Crippen molar-refractivity contribution in [2.75, 3.05) is 49.1 Å². The Hall–Kier alpha value is -2.63. The standard InChI is InChI=1S/C22H29N5O/c1-17-8-10-26(11-9-17)20-16-21(27-14-12-25(13-15-27)18(2)28)24-22(23-20)19-6-4-3-5-7-19/h3-7,16-17H,8-15H2,1-2H3. The van der Waals surface area contributed by atoms with Crippen LogP contribution in [0.15, 0.2) is 36.4 Å². The number of piperidine rings is 1. The minimum atomic E-state index is 0.149. The molecule has 148 valence electrons. The Morgan fingerprint density at radius 1 is 0.893 bits per heavy atom. The molecule has 0 saturated carbocycles. The van der Waals surface area contributed by atoms with E-state index in [9.17, 15) is 4.79 Å². The fraction of sp³-hybridized carbons (Fsp3) is 0.500.